The second-order valence-corrected chi connectivity index (χ2v) is 9.40. The second kappa shape index (κ2) is 14.4. The van der Waals surface area contributed by atoms with E-state index in [-0.39, 0.29) is 36.7 Å². The van der Waals surface area contributed by atoms with Crippen molar-refractivity contribution in [3.63, 3.8) is 0 Å². The summed E-state index contributed by atoms with van der Waals surface area (Å²) in [6.45, 7) is 1.08. The number of rotatable bonds is 14. The Labute approximate surface area is 247 Å². The summed E-state index contributed by atoms with van der Waals surface area (Å²) in [6.07, 6.45) is -6.94. The summed E-state index contributed by atoms with van der Waals surface area (Å²) >= 11 is 0. The predicted octanol–water partition coefficient (Wildman–Crippen LogP) is 7.71. The van der Waals surface area contributed by atoms with E-state index in [1.807, 2.05) is 0 Å². The van der Waals surface area contributed by atoms with Crippen molar-refractivity contribution in [3.8, 4) is 11.5 Å². The summed E-state index contributed by atoms with van der Waals surface area (Å²) in [5, 5.41) is 22.2. The fraction of sp³-hybridized carbons (Fsp3) is 0.276. The normalized spacial score (nSPS) is 12.5. The zero-order chi connectivity index (χ0) is 32.5. The van der Waals surface area contributed by atoms with E-state index in [0.29, 0.717) is 5.56 Å². The Bertz CT molecular complexity index is 1490. The molecule has 1 atom stereocenters. The zero-order valence-electron chi connectivity index (χ0n) is 23.0. The van der Waals surface area contributed by atoms with Crippen LogP contribution in [0.25, 0.3) is 6.08 Å². The van der Waals surface area contributed by atoms with E-state index in [0.717, 1.165) is 30.3 Å². The molecule has 0 heterocycles. The lowest BCUT2D eigenvalue weighted by Crippen LogP contribution is -2.21. The smallest absolute Gasteiger partial charge is 0.426 e. The largest absolute Gasteiger partial charge is 0.494 e. The maximum Gasteiger partial charge on any atom is 0.426 e. The first-order valence-electron chi connectivity index (χ1n) is 12.9. The third-order valence-electron chi connectivity index (χ3n) is 6.03. The number of hydrogen-bond acceptors (Lipinski definition) is 8. The molecule has 44 heavy (non-hydrogen) atoms. The van der Waals surface area contributed by atoms with Crippen molar-refractivity contribution in [2.24, 2.45) is 0 Å². The van der Waals surface area contributed by atoms with Gasteiger partial charge in [-0.2, -0.15) is 22.0 Å². The fourth-order valence-corrected chi connectivity index (χ4v) is 3.79. The number of carbonyl (C=O) groups excluding carboxylic acids is 1. The van der Waals surface area contributed by atoms with Crippen molar-refractivity contribution in [2.75, 3.05) is 13.2 Å². The van der Waals surface area contributed by atoms with Crippen molar-refractivity contribution in [1.82, 2.24) is 0 Å². The van der Waals surface area contributed by atoms with E-state index in [4.69, 9.17) is 14.2 Å². The Morgan fingerprint density at radius 1 is 0.909 bits per heavy atom. The van der Waals surface area contributed by atoms with Gasteiger partial charge in [0.25, 0.3) is 11.4 Å². The maximum absolute atomic E-state index is 14.7. The zero-order valence-corrected chi connectivity index (χ0v) is 23.0. The van der Waals surface area contributed by atoms with Crippen molar-refractivity contribution in [2.45, 2.75) is 38.0 Å². The van der Waals surface area contributed by atoms with E-state index in [9.17, 15) is 47.0 Å². The van der Waals surface area contributed by atoms with Gasteiger partial charge in [-0.25, -0.2) is 4.79 Å². The van der Waals surface area contributed by atoms with Gasteiger partial charge in [-0.15, -0.1) is 0 Å². The van der Waals surface area contributed by atoms with E-state index < -0.39 is 57.4 Å². The van der Waals surface area contributed by atoms with Gasteiger partial charge in [-0.3, -0.25) is 20.2 Å². The molecule has 0 amide bonds. The summed E-state index contributed by atoms with van der Waals surface area (Å²) in [5.74, 6) is -1.49. The molecule has 0 spiro atoms. The maximum atomic E-state index is 14.7. The summed E-state index contributed by atoms with van der Waals surface area (Å²) in [6, 6.07) is 12.9. The van der Waals surface area contributed by atoms with Crippen LogP contribution in [0.3, 0.4) is 0 Å². The highest BCUT2D eigenvalue weighted by atomic mass is 19.4. The number of alkyl halides is 5. The Morgan fingerprint density at radius 3 is 2.14 bits per heavy atom. The van der Waals surface area contributed by atoms with E-state index in [1.165, 1.54) is 55.5 Å². The van der Waals surface area contributed by atoms with Gasteiger partial charge in [0.15, 0.2) is 0 Å². The minimum atomic E-state index is -4.29. The number of esters is 1. The van der Waals surface area contributed by atoms with Gasteiger partial charge in [0.1, 0.15) is 11.5 Å². The predicted molar refractivity (Wildman–Crippen MR) is 146 cm³/mol. The summed E-state index contributed by atoms with van der Waals surface area (Å²) in [7, 11) is 0. The number of nitro benzene ring substituents is 2. The molecular formula is C29H25F5N2O8. The third-order valence-corrected chi connectivity index (χ3v) is 6.03. The Morgan fingerprint density at radius 2 is 1.55 bits per heavy atom. The van der Waals surface area contributed by atoms with Gasteiger partial charge < -0.3 is 14.2 Å². The van der Waals surface area contributed by atoms with E-state index in [1.54, 1.807) is 0 Å². The fourth-order valence-electron chi connectivity index (χ4n) is 3.79. The Balaban J connectivity index is 1.52. The highest BCUT2D eigenvalue weighted by Gasteiger charge is 2.34. The van der Waals surface area contributed by atoms with Gasteiger partial charge in [0.05, 0.1) is 34.7 Å². The molecule has 0 bridgehead atoms. The highest BCUT2D eigenvalue weighted by Crippen LogP contribution is 2.33. The molecule has 3 aromatic carbocycles. The summed E-state index contributed by atoms with van der Waals surface area (Å²) in [5.41, 5.74) is -0.926. The molecule has 0 aliphatic heterocycles. The monoisotopic (exact) mass is 624 g/mol. The number of nitro groups is 2. The van der Waals surface area contributed by atoms with Crippen LogP contribution in [0, 0.1) is 20.2 Å². The van der Waals surface area contributed by atoms with Gasteiger partial charge in [-0.05, 0) is 60.5 Å². The topological polar surface area (TPSA) is 131 Å². The first kappa shape index (κ1) is 33.4. The molecule has 1 unspecified atom stereocenters. The second-order valence-electron chi connectivity index (χ2n) is 9.40. The van der Waals surface area contributed by atoms with Crippen LogP contribution in [0.4, 0.5) is 33.3 Å². The minimum absolute atomic E-state index is 0.139. The van der Waals surface area contributed by atoms with Crippen molar-refractivity contribution < 1.29 is 50.8 Å². The average Bonchev–Trinajstić information content (AvgIpc) is 2.97. The number of non-ortho nitro benzene ring substituents is 1. The van der Waals surface area contributed by atoms with Crippen LogP contribution in [0.5, 0.6) is 11.5 Å². The van der Waals surface area contributed by atoms with Crippen molar-refractivity contribution in [3.05, 3.63) is 110 Å². The number of hydrogen-bond donors (Lipinski definition) is 0. The molecule has 0 radical (unpaired) electrons. The number of nitrogens with zero attached hydrogens (tertiary/aromatic N) is 2. The van der Waals surface area contributed by atoms with E-state index in [2.05, 4.69) is 0 Å². The summed E-state index contributed by atoms with van der Waals surface area (Å²) in [4.78, 5) is 32.9. The molecule has 0 aromatic heterocycles. The molecule has 0 saturated carbocycles. The number of ether oxygens (including phenoxy) is 3. The lowest BCUT2D eigenvalue weighted by Gasteiger charge is -2.18. The first-order valence-corrected chi connectivity index (χ1v) is 12.9. The lowest BCUT2D eigenvalue weighted by atomic mass is 9.99. The van der Waals surface area contributed by atoms with Gasteiger partial charge in [0.2, 0.25) is 0 Å². The highest BCUT2D eigenvalue weighted by molar-refractivity contribution is 5.87. The SMILES string of the molecule is CC(COC(=O)C=Cc1ccc(C(F)(F)Oc2ccc(OCCCC(F)(F)F)cc2)cc1)c1ccc([N+](=O)[O-])cc1[N+](=O)[O-]. The molecule has 0 N–H and O–H groups in total. The van der Waals surface area contributed by atoms with Crippen LogP contribution in [0.1, 0.15) is 42.4 Å². The molecule has 0 saturated heterocycles. The molecule has 10 nitrogen and oxygen atoms in total. The van der Waals surface area contributed by atoms with Crippen LogP contribution in [0.2, 0.25) is 0 Å². The summed E-state index contributed by atoms with van der Waals surface area (Å²) < 4.78 is 81.0. The van der Waals surface area contributed by atoms with Crippen molar-refractivity contribution in [1.29, 1.82) is 0 Å². The molecule has 3 aromatic rings. The molecule has 234 valence electrons. The standard InChI is InChI=1S/C29H25F5N2O8/c1-19(25-13-8-22(35(38)39)17-26(25)36(40)41)18-43-27(37)14-5-20-3-6-21(7-4-20)29(33,34)44-24-11-9-23(10-12-24)42-16-2-15-28(30,31)32/h3-14,17,19H,2,15-16,18H2,1H3. The Kier molecular flexibility index (Phi) is 10.9. The van der Waals surface area contributed by atoms with Crippen molar-refractivity contribution >= 4 is 23.4 Å². The third kappa shape index (κ3) is 10.0. The minimum Gasteiger partial charge on any atom is -0.494 e. The van der Waals surface area contributed by atoms with Crippen LogP contribution in [-0.2, 0) is 15.6 Å². The molecule has 0 aliphatic rings. The average molecular weight is 625 g/mol. The molecule has 0 fully saturated rings. The van der Waals surface area contributed by atoms with Gasteiger partial charge >= 0.3 is 18.3 Å². The quantitative estimate of drug-likeness (QED) is 0.0445. The lowest BCUT2D eigenvalue weighted by molar-refractivity contribution is -0.394. The number of benzene rings is 3. The first-order chi connectivity index (χ1) is 20.6. The van der Waals surface area contributed by atoms with Crippen LogP contribution < -0.4 is 9.47 Å². The molecule has 3 rings (SSSR count). The number of carbonyl (C=O) groups is 1. The van der Waals surface area contributed by atoms with Crippen LogP contribution in [0.15, 0.2) is 72.8 Å². The number of halogens is 5. The molecular weight excluding hydrogens is 599 g/mol. The Hall–Kier alpha value is -5.08. The van der Waals surface area contributed by atoms with Crippen LogP contribution in [-0.4, -0.2) is 35.2 Å². The van der Waals surface area contributed by atoms with Crippen LogP contribution >= 0.6 is 0 Å². The molecule has 0 aliphatic carbocycles. The molecule has 15 heteroatoms. The van der Waals surface area contributed by atoms with Gasteiger partial charge in [-0.1, -0.05) is 19.1 Å². The van der Waals surface area contributed by atoms with E-state index >= 15 is 0 Å². The van der Waals surface area contributed by atoms with Gasteiger partial charge in [0, 0.05) is 30.0 Å².